The number of carbonyl (C=O) groups is 1. The molecule has 0 aliphatic heterocycles. The van der Waals surface area contributed by atoms with Crippen LogP contribution in [0.1, 0.15) is 84.0 Å². The first kappa shape index (κ1) is 27.6. The second-order valence-corrected chi connectivity index (χ2v) is 11.2. The topological polar surface area (TPSA) is 17.1 Å². The molecule has 0 saturated carbocycles. The lowest BCUT2D eigenvalue weighted by atomic mass is 9.88. The van der Waals surface area contributed by atoms with Gasteiger partial charge in [-0.15, -0.1) is 0 Å². The zero-order chi connectivity index (χ0) is 28.1. The van der Waals surface area contributed by atoms with Crippen molar-refractivity contribution in [2.75, 3.05) is 0 Å². The van der Waals surface area contributed by atoms with Crippen LogP contribution in [0.2, 0.25) is 0 Å². The van der Waals surface area contributed by atoms with Crippen LogP contribution in [0.15, 0.2) is 97.1 Å². The molecule has 0 heterocycles. The molecule has 4 aromatic carbocycles. The number of benzene rings is 4. The standard InChI is InChI=1S/C39H40O/c1-5-7-9-29-15-23-31(24-16-29)35-36(32-25-17-30(18-26-32)10-8-6-2)38(34-21-13-28(4)14-22-34)39(40)37(35)33-19-11-27(3)12-20-33/h11-26H,5-10H2,1-4H3. The molecular weight excluding hydrogens is 484 g/mol. The van der Waals surface area contributed by atoms with E-state index in [9.17, 15) is 4.79 Å². The highest BCUT2D eigenvalue weighted by Gasteiger charge is 2.35. The molecule has 0 fully saturated rings. The van der Waals surface area contributed by atoms with Gasteiger partial charge < -0.3 is 0 Å². The molecule has 0 radical (unpaired) electrons. The molecule has 4 aromatic rings. The van der Waals surface area contributed by atoms with Crippen molar-refractivity contribution in [2.45, 2.75) is 66.2 Å². The molecule has 0 N–H and O–H groups in total. The van der Waals surface area contributed by atoms with Crippen molar-refractivity contribution in [2.24, 2.45) is 0 Å². The van der Waals surface area contributed by atoms with E-state index < -0.39 is 0 Å². The minimum Gasteiger partial charge on any atom is -0.289 e. The second kappa shape index (κ2) is 12.5. The summed E-state index contributed by atoms with van der Waals surface area (Å²) in [5, 5.41) is 0. The Morgan fingerprint density at radius 2 is 0.725 bits per heavy atom. The van der Waals surface area contributed by atoms with Crippen molar-refractivity contribution in [3.05, 3.63) is 142 Å². The summed E-state index contributed by atoms with van der Waals surface area (Å²) in [6.45, 7) is 8.64. The van der Waals surface area contributed by atoms with Gasteiger partial charge in [-0.1, -0.05) is 135 Å². The third-order valence-electron chi connectivity index (χ3n) is 8.01. The highest BCUT2D eigenvalue weighted by molar-refractivity contribution is 6.59. The van der Waals surface area contributed by atoms with E-state index in [1.54, 1.807) is 0 Å². The van der Waals surface area contributed by atoms with Crippen LogP contribution in [0, 0.1) is 13.8 Å². The number of ketones is 1. The van der Waals surface area contributed by atoms with Gasteiger partial charge in [-0.05, 0) is 72.9 Å². The molecule has 5 rings (SSSR count). The Balaban J connectivity index is 1.74. The maximum atomic E-state index is 14.5. The van der Waals surface area contributed by atoms with E-state index in [4.69, 9.17) is 0 Å². The van der Waals surface area contributed by atoms with E-state index in [1.807, 2.05) is 0 Å². The van der Waals surface area contributed by atoms with Crippen molar-refractivity contribution in [3.8, 4) is 0 Å². The van der Waals surface area contributed by atoms with Crippen LogP contribution in [0.5, 0.6) is 0 Å². The lowest BCUT2D eigenvalue weighted by molar-refractivity contribution is -0.108. The fraction of sp³-hybridized carbons (Fsp3) is 0.256. The van der Waals surface area contributed by atoms with Crippen LogP contribution in [0.25, 0.3) is 22.3 Å². The third-order valence-corrected chi connectivity index (χ3v) is 8.01. The number of unbranched alkanes of at least 4 members (excludes halogenated alkanes) is 2. The number of allylic oxidation sites excluding steroid dienone is 4. The average Bonchev–Trinajstić information content (AvgIpc) is 3.29. The maximum Gasteiger partial charge on any atom is 0.195 e. The molecule has 1 heteroatoms. The summed E-state index contributed by atoms with van der Waals surface area (Å²) in [7, 11) is 0. The molecule has 0 unspecified atom stereocenters. The Kier molecular flexibility index (Phi) is 8.60. The molecule has 0 bridgehead atoms. The molecule has 1 aliphatic rings. The molecule has 0 saturated heterocycles. The van der Waals surface area contributed by atoms with E-state index >= 15 is 0 Å². The van der Waals surface area contributed by atoms with Crippen LogP contribution in [-0.4, -0.2) is 5.78 Å². The summed E-state index contributed by atoms with van der Waals surface area (Å²) < 4.78 is 0. The van der Waals surface area contributed by atoms with E-state index in [0.717, 1.165) is 57.4 Å². The Labute approximate surface area is 240 Å². The summed E-state index contributed by atoms with van der Waals surface area (Å²) in [6, 6.07) is 34.6. The predicted octanol–water partition coefficient (Wildman–Crippen LogP) is 10.1. The minimum atomic E-state index is 0.0998. The number of hydrogen-bond donors (Lipinski definition) is 0. The highest BCUT2D eigenvalue weighted by atomic mass is 16.1. The van der Waals surface area contributed by atoms with Gasteiger partial charge >= 0.3 is 0 Å². The summed E-state index contributed by atoms with van der Waals surface area (Å²) in [4.78, 5) is 14.5. The minimum absolute atomic E-state index is 0.0998. The van der Waals surface area contributed by atoms with Gasteiger partial charge in [-0.25, -0.2) is 0 Å². The van der Waals surface area contributed by atoms with Gasteiger partial charge in [0, 0.05) is 22.3 Å². The van der Waals surface area contributed by atoms with E-state index in [1.165, 1.54) is 47.9 Å². The van der Waals surface area contributed by atoms with Gasteiger partial charge in [0.15, 0.2) is 5.78 Å². The van der Waals surface area contributed by atoms with E-state index in [2.05, 4.69) is 125 Å². The molecule has 1 aliphatic carbocycles. The average molecular weight is 525 g/mol. The molecule has 202 valence electrons. The van der Waals surface area contributed by atoms with Crippen molar-refractivity contribution in [3.63, 3.8) is 0 Å². The van der Waals surface area contributed by atoms with Crippen LogP contribution in [0.3, 0.4) is 0 Å². The normalized spacial score (nSPS) is 13.4. The smallest absolute Gasteiger partial charge is 0.195 e. The fourth-order valence-electron chi connectivity index (χ4n) is 5.61. The molecular formula is C39H40O. The Morgan fingerprint density at radius 1 is 0.425 bits per heavy atom. The van der Waals surface area contributed by atoms with Crippen molar-refractivity contribution >= 4 is 28.1 Å². The molecule has 0 spiro atoms. The molecule has 0 aromatic heterocycles. The highest BCUT2D eigenvalue weighted by Crippen LogP contribution is 2.49. The first-order valence-electron chi connectivity index (χ1n) is 14.9. The lowest BCUT2D eigenvalue weighted by Gasteiger charge is -2.15. The monoisotopic (exact) mass is 524 g/mol. The second-order valence-electron chi connectivity index (χ2n) is 11.2. The molecule has 1 nitrogen and oxygen atoms in total. The molecule has 40 heavy (non-hydrogen) atoms. The van der Waals surface area contributed by atoms with Crippen molar-refractivity contribution in [1.29, 1.82) is 0 Å². The number of aryl methyl sites for hydroxylation is 4. The molecule has 0 amide bonds. The fourth-order valence-corrected chi connectivity index (χ4v) is 5.61. The maximum absolute atomic E-state index is 14.5. The summed E-state index contributed by atoms with van der Waals surface area (Å²) in [6.07, 6.45) is 6.89. The van der Waals surface area contributed by atoms with E-state index in [-0.39, 0.29) is 5.78 Å². The number of Topliss-reactive ketones (excluding diaryl/α,β-unsaturated/α-hetero) is 1. The summed E-state index contributed by atoms with van der Waals surface area (Å²) in [5.41, 5.74) is 12.9. The zero-order valence-corrected chi connectivity index (χ0v) is 24.4. The number of hydrogen-bond acceptors (Lipinski definition) is 1. The first-order chi connectivity index (χ1) is 19.5. The Bertz CT molecular complexity index is 1410. The van der Waals surface area contributed by atoms with Crippen LogP contribution >= 0.6 is 0 Å². The predicted molar refractivity (Wildman–Crippen MR) is 171 cm³/mol. The van der Waals surface area contributed by atoms with E-state index in [0.29, 0.717) is 0 Å². The summed E-state index contributed by atoms with van der Waals surface area (Å²) >= 11 is 0. The van der Waals surface area contributed by atoms with Gasteiger partial charge in [0.25, 0.3) is 0 Å². The van der Waals surface area contributed by atoms with Gasteiger partial charge in [-0.3, -0.25) is 4.79 Å². The zero-order valence-electron chi connectivity index (χ0n) is 24.4. The number of rotatable bonds is 10. The SMILES string of the molecule is CCCCc1ccc(C2=C(c3ccc(C)cc3)C(=O)C(c3ccc(C)cc3)=C2c2ccc(CCCC)cc2)cc1. The van der Waals surface area contributed by atoms with Gasteiger partial charge in [-0.2, -0.15) is 0 Å². The van der Waals surface area contributed by atoms with Crippen molar-refractivity contribution in [1.82, 2.24) is 0 Å². The largest absolute Gasteiger partial charge is 0.289 e. The van der Waals surface area contributed by atoms with Gasteiger partial charge in [0.2, 0.25) is 0 Å². The third kappa shape index (κ3) is 5.80. The molecule has 0 atom stereocenters. The van der Waals surface area contributed by atoms with Crippen molar-refractivity contribution < 1.29 is 4.79 Å². The van der Waals surface area contributed by atoms with Crippen LogP contribution < -0.4 is 0 Å². The quantitative estimate of drug-likeness (QED) is 0.202. The Morgan fingerprint density at radius 3 is 1.05 bits per heavy atom. The van der Waals surface area contributed by atoms with Crippen LogP contribution in [-0.2, 0) is 17.6 Å². The first-order valence-corrected chi connectivity index (χ1v) is 14.9. The summed E-state index contributed by atoms with van der Waals surface area (Å²) in [5.74, 6) is 0.0998. The van der Waals surface area contributed by atoms with Gasteiger partial charge in [0.1, 0.15) is 0 Å². The van der Waals surface area contributed by atoms with Gasteiger partial charge in [0.05, 0.1) is 0 Å². The lowest BCUT2D eigenvalue weighted by Crippen LogP contribution is -2.02. The van der Waals surface area contributed by atoms with Crippen LogP contribution in [0.4, 0.5) is 0 Å². The Hall–Kier alpha value is -3.97. The number of carbonyl (C=O) groups excluding carboxylic acids is 1.